The largest absolute Gasteiger partial charge is 0.372 e. The Bertz CT molecular complexity index is 1000. The van der Waals surface area contributed by atoms with Gasteiger partial charge in [0.2, 0.25) is 0 Å². The fourth-order valence-electron chi connectivity index (χ4n) is 2.97. The summed E-state index contributed by atoms with van der Waals surface area (Å²) in [6.45, 7) is 8.14. The molecule has 1 aromatic carbocycles. The van der Waals surface area contributed by atoms with Gasteiger partial charge in [-0.3, -0.25) is 9.20 Å². The highest BCUT2D eigenvalue weighted by atomic mass is 35.5. The second kappa shape index (κ2) is 7.75. The lowest BCUT2D eigenvalue weighted by Gasteiger charge is -2.20. The predicted octanol–water partition coefficient (Wildman–Crippen LogP) is 4.59. The molecule has 0 unspecified atom stereocenters. The summed E-state index contributed by atoms with van der Waals surface area (Å²) in [5, 5.41) is 0.448. The Kier molecular flexibility index (Phi) is 5.43. The van der Waals surface area contributed by atoms with Crippen molar-refractivity contribution < 1.29 is 0 Å². The van der Waals surface area contributed by atoms with Gasteiger partial charge in [-0.05, 0) is 56.2 Å². The quantitative estimate of drug-likeness (QED) is 0.662. The maximum Gasteiger partial charge on any atom is 0.258 e. The molecule has 0 aliphatic heterocycles. The molecule has 3 aromatic rings. The average Bonchev–Trinajstić information content (AvgIpc) is 2.65. The lowest BCUT2D eigenvalue weighted by atomic mass is 10.1. The van der Waals surface area contributed by atoms with Crippen LogP contribution in [0.3, 0.4) is 0 Å². The molecule has 0 amide bonds. The van der Waals surface area contributed by atoms with Gasteiger partial charge in [-0.25, -0.2) is 4.98 Å². The highest BCUT2D eigenvalue weighted by Crippen LogP contribution is 2.22. The molecule has 0 aliphatic carbocycles. The van der Waals surface area contributed by atoms with Crippen LogP contribution in [0.4, 0.5) is 5.69 Å². The van der Waals surface area contributed by atoms with Crippen molar-refractivity contribution in [2.75, 3.05) is 18.0 Å². The SMILES string of the molecule is CCN(CC)c1ccc(/C=C(\Cl)c2cc(=O)n3cccc(C)c3n2)cc1. The third-order valence-corrected chi connectivity index (χ3v) is 4.75. The third kappa shape index (κ3) is 3.65. The fraction of sp³-hybridized carbons (Fsp3) is 0.238. The number of aryl methyl sites for hydroxylation is 1. The number of rotatable bonds is 5. The van der Waals surface area contributed by atoms with Crippen molar-refractivity contribution in [3.63, 3.8) is 0 Å². The summed E-state index contributed by atoms with van der Waals surface area (Å²) in [6, 6.07) is 13.4. The Morgan fingerprint density at radius 1 is 1.19 bits per heavy atom. The summed E-state index contributed by atoms with van der Waals surface area (Å²) in [6.07, 6.45) is 3.55. The summed E-state index contributed by atoms with van der Waals surface area (Å²) in [4.78, 5) is 19.2. The monoisotopic (exact) mass is 367 g/mol. The number of benzene rings is 1. The minimum Gasteiger partial charge on any atom is -0.372 e. The van der Waals surface area contributed by atoms with E-state index < -0.39 is 0 Å². The molecule has 0 aliphatic rings. The van der Waals surface area contributed by atoms with Gasteiger partial charge >= 0.3 is 0 Å². The van der Waals surface area contributed by atoms with Gasteiger partial charge in [-0.1, -0.05) is 29.8 Å². The van der Waals surface area contributed by atoms with Crippen LogP contribution in [0.1, 0.15) is 30.7 Å². The van der Waals surface area contributed by atoms with E-state index in [4.69, 9.17) is 11.6 Å². The first kappa shape index (κ1) is 18.2. The maximum atomic E-state index is 12.3. The molecular formula is C21H22ClN3O. The minimum atomic E-state index is -0.142. The van der Waals surface area contributed by atoms with E-state index >= 15 is 0 Å². The normalized spacial score (nSPS) is 11.8. The maximum absolute atomic E-state index is 12.3. The summed E-state index contributed by atoms with van der Waals surface area (Å²) in [5.74, 6) is 0. The number of aromatic nitrogens is 2. The number of hydrogen-bond donors (Lipinski definition) is 0. The van der Waals surface area contributed by atoms with E-state index in [2.05, 4.69) is 35.9 Å². The highest BCUT2D eigenvalue weighted by Gasteiger charge is 2.08. The van der Waals surface area contributed by atoms with Gasteiger partial charge in [0.15, 0.2) is 0 Å². The number of nitrogens with zero attached hydrogens (tertiary/aromatic N) is 3. The summed E-state index contributed by atoms with van der Waals surface area (Å²) >= 11 is 6.46. The molecule has 0 fully saturated rings. The first-order valence-electron chi connectivity index (χ1n) is 8.75. The van der Waals surface area contributed by atoms with E-state index in [-0.39, 0.29) is 5.56 Å². The van der Waals surface area contributed by atoms with E-state index in [0.717, 1.165) is 24.2 Å². The Morgan fingerprint density at radius 2 is 1.88 bits per heavy atom. The molecule has 0 bridgehead atoms. The standard InChI is InChI=1S/C21H22ClN3O/c1-4-24(5-2)17-10-8-16(9-11-17)13-18(22)19-14-20(26)25-12-6-7-15(3)21(25)23-19/h6-14H,4-5H2,1-3H3/b18-13-. The average molecular weight is 368 g/mol. The topological polar surface area (TPSA) is 37.6 Å². The predicted molar refractivity (Wildman–Crippen MR) is 110 cm³/mol. The van der Waals surface area contributed by atoms with Gasteiger partial charge in [0.05, 0.1) is 10.7 Å². The van der Waals surface area contributed by atoms with Crippen LogP contribution < -0.4 is 10.5 Å². The van der Waals surface area contributed by atoms with Crippen molar-refractivity contribution in [1.29, 1.82) is 0 Å². The van der Waals surface area contributed by atoms with Gasteiger partial charge in [0, 0.05) is 31.0 Å². The van der Waals surface area contributed by atoms with Gasteiger partial charge in [-0.2, -0.15) is 0 Å². The Morgan fingerprint density at radius 3 is 2.54 bits per heavy atom. The molecule has 26 heavy (non-hydrogen) atoms. The molecule has 4 nitrogen and oxygen atoms in total. The Balaban J connectivity index is 1.96. The van der Waals surface area contributed by atoms with Crippen molar-refractivity contribution in [1.82, 2.24) is 9.38 Å². The molecule has 0 spiro atoms. The van der Waals surface area contributed by atoms with Crippen LogP contribution in [0.25, 0.3) is 16.8 Å². The molecule has 2 heterocycles. The van der Waals surface area contributed by atoms with Crippen LogP contribution in [0.15, 0.2) is 53.5 Å². The van der Waals surface area contributed by atoms with Crippen molar-refractivity contribution >= 4 is 34.0 Å². The molecular weight excluding hydrogens is 346 g/mol. The third-order valence-electron chi connectivity index (χ3n) is 4.45. The molecule has 0 saturated carbocycles. The highest BCUT2D eigenvalue weighted by molar-refractivity contribution is 6.51. The zero-order chi connectivity index (χ0) is 18.7. The number of halogens is 1. The Labute approximate surface area is 158 Å². The van der Waals surface area contributed by atoms with Crippen LogP contribution in [-0.2, 0) is 0 Å². The van der Waals surface area contributed by atoms with Gasteiger partial charge in [-0.15, -0.1) is 0 Å². The molecule has 0 N–H and O–H groups in total. The van der Waals surface area contributed by atoms with Crippen LogP contribution >= 0.6 is 11.6 Å². The number of anilines is 1. The van der Waals surface area contributed by atoms with Crippen LogP contribution in [-0.4, -0.2) is 22.5 Å². The van der Waals surface area contributed by atoms with Gasteiger partial charge in [0.25, 0.3) is 5.56 Å². The van der Waals surface area contributed by atoms with Crippen molar-refractivity contribution in [2.45, 2.75) is 20.8 Å². The van der Waals surface area contributed by atoms with E-state index in [9.17, 15) is 4.79 Å². The molecule has 0 radical (unpaired) electrons. The smallest absolute Gasteiger partial charge is 0.258 e. The van der Waals surface area contributed by atoms with Gasteiger partial charge in [0.1, 0.15) is 5.65 Å². The van der Waals surface area contributed by atoms with Crippen LogP contribution in [0.2, 0.25) is 0 Å². The molecule has 5 heteroatoms. The molecule has 134 valence electrons. The van der Waals surface area contributed by atoms with Crippen molar-refractivity contribution in [3.8, 4) is 0 Å². The zero-order valence-corrected chi connectivity index (χ0v) is 16.0. The number of hydrogen-bond acceptors (Lipinski definition) is 3. The summed E-state index contributed by atoms with van der Waals surface area (Å²) in [5.41, 5.74) is 4.05. The number of pyridine rings is 1. The molecule has 3 rings (SSSR count). The van der Waals surface area contributed by atoms with Crippen molar-refractivity contribution in [3.05, 3.63) is 75.8 Å². The lowest BCUT2D eigenvalue weighted by Crippen LogP contribution is -2.21. The molecule has 0 atom stereocenters. The minimum absolute atomic E-state index is 0.142. The summed E-state index contributed by atoms with van der Waals surface area (Å²) in [7, 11) is 0. The van der Waals surface area contributed by atoms with Crippen LogP contribution in [0, 0.1) is 6.92 Å². The molecule has 2 aromatic heterocycles. The first-order valence-corrected chi connectivity index (χ1v) is 9.13. The van der Waals surface area contributed by atoms with E-state index in [1.165, 1.54) is 16.2 Å². The second-order valence-electron chi connectivity index (χ2n) is 6.12. The zero-order valence-electron chi connectivity index (χ0n) is 15.2. The van der Waals surface area contributed by atoms with E-state index in [1.807, 2.05) is 37.3 Å². The van der Waals surface area contributed by atoms with E-state index in [0.29, 0.717) is 16.4 Å². The fourth-order valence-corrected chi connectivity index (χ4v) is 3.20. The van der Waals surface area contributed by atoms with Gasteiger partial charge < -0.3 is 4.90 Å². The molecule has 0 saturated heterocycles. The summed E-state index contributed by atoms with van der Waals surface area (Å²) < 4.78 is 1.53. The van der Waals surface area contributed by atoms with E-state index in [1.54, 1.807) is 6.20 Å². The first-order chi connectivity index (χ1) is 12.5. The van der Waals surface area contributed by atoms with Crippen molar-refractivity contribution in [2.24, 2.45) is 0 Å². The second-order valence-corrected chi connectivity index (χ2v) is 6.53. The number of fused-ring (bicyclic) bond motifs is 1. The Hall–Kier alpha value is -2.59. The lowest BCUT2D eigenvalue weighted by molar-refractivity contribution is 0.866. The van der Waals surface area contributed by atoms with Crippen LogP contribution in [0.5, 0.6) is 0 Å².